The van der Waals surface area contributed by atoms with E-state index in [2.05, 4.69) is 10.9 Å². The molecule has 0 radical (unpaired) electrons. The molecule has 0 saturated carbocycles. The molecule has 2 N–H and O–H groups in total. The van der Waals surface area contributed by atoms with E-state index in [9.17, 15) is 14.4 Å². The van der Waals surface area contributed by atoms with Crippen molar-refractivity contribution in [2.24, 2.45) is 0 Å². The fraction of sp³-hybridized carbons (Fsp3) is 0.227. The first-order valence-corrected chi connectivity index (χ1v) is 9.57. The molecular formula is C22H24N4O4. The van der Waals surface area contributed by atoms with E-state index in [1.165, 1.54) is 0 Å². The van der Waals surface area contributed by atoms with E-state index in [0.29, 0.717) is 22.5 Å². The molecule has 8 nitrogen and oxygen atoms in total. The molecule has 0 bridgehead atoms. The van der Waals surface area contributed by atoms with Gasteiger partial charge in [-0.25, -0.2) is 4.79 Å². The minimum absolute atomic E-state index is 0.0450. The van der Waals surface area contributed by atoms with Crippen LogP contribution in [0.5, 0.6) is 0 Å². The number of carbonyl (C=O) groups excluding carboxylic acids is 3. The highest BCUT2D eigenvalue weighted by Crippen LogP contribution is 2.16. The third kappa shape index (κ3) is 4.43. The summed E-state index contributed by atoms with van der Waals surface area (Å²) >= 11 is 0. The van der Waals surface area contributed by atoms with Gasteiger partial charge in [0, 0.05) is 23.8 Å². The van der Waals surface area contributed by atoms with Crippen molar-refractivity contribution in [1.82, 2.24) is 20.0 Å². The van der Waals surface area contributed by atoms with Crippen LogP contribution in [0.1, 0.15) is 39.0 Å². The zero-order chi connectivity index (χ0) is 21.7. The van der Waals surface area contributed by atoms with Crippen molar-refractivity contribution in [1.29, 1.82) is 0 Å². The summed E-state index contributed by atoms with van der Waals surface area (Å²) in [5, 5.41) is 0. The molecule has 2 heterocycles. The SMILES string of the molecule is CCOC(=O)c1cc(C)n(CC(=O)NNC(=O)c2ccccc2-n2cccc2)c1C. The van der Waals surface area contributed by atoms with E-state index >= 15 is 0 Å². The lowest BCUT2D eigenvalue weighted by Gasteiger charge is -2.13. The highest BCUT2D eigenvalue weighted by Gasteiger charge is 2.19. The van der Waals surface area contributed by atoms with Crippen LogP contribution in [0.3, 0.4) is 0 Å². The Morgan fingerprint density at radius 1 is 0.967 bits per heavy atom. The number of nitrogens with zero attached hydrogens (tertiary/aromatic N) is 2. The monoisotopic (exact) mass is 408 g/mol. The van der Waals surface area contributed by atoms with Gasteiger partial charge in [0.05, 0.1) is 23.4 Å². The number of hydrogen-bond acceptors (Lipinski definition) is 4. The summed E-state index contributed by atoms with van der Waals surface area (Å²) in [6.45, 7) is 5.52. The molecule has 0 unspecified atom stereocenters. The second kappa shape index (κ2) is 9.13. The number of ether oxygens (including phenoxy) is 1. The highest BCUT2D eigenvalue weighted by atomic mass is 16.5. The Bertz CT molecular complexity index is 1070. The Morgan fingerprint density at radius 2 is 1.67 bits per heavy atom. The van der Waals surface area contributed by atoms with Gasteiger partial charge < -0.3 is 13.9 Å². The number of hydrogen-bond donors (Lipinski definition) is 2. The summed E-state index contributed by atoms with van der Waals surface area (Å²) in [7, 11) is 0. The normalized spacial score (nSPS) is 10.5. The summed E-state index contributed by atoms with van der Waals surface area (Å²) < 4.78 is 8.56. The van der Waals surface area contributed by atoms with Gasteiger partial charge in [-0.2, -0.15) is 0 Å². The minimum atomic E-state index is -0.430. The Labute approximate surface area is 174 Å². The van der Waals surface area contributed by atoms with Gasteiger partial charge >= 0.3 is 5.97 Å². The largest absolute Gasteiger partial charge is 0.462 e. The van der Waals surface area contributed by atoms with Gasteiger partial charge in [0.1, 0.15) is 6.54 Å². The highest BCUT2D eigenvalue weighted by molar-refractivity contribution is 5.98. The van der Waals surface area contributed by atoms with Crippen molar-refractivity contribution in [3.63, 3.8) is 0 Å². The van der Waals surface area contributed by atoms with E-state index in [0.717, 1.165) is 5.69 Å². The third-order valence-electron chi connectivity index (χ3n) is 4.72. The summed E-state index contributed by atoms with van der Waals surface area (Å²) in [5.41, 5.74) is 7.81. The molecule has 2 aromatic heterocycles. The van der Waals surface area contributed by atoms with Crippen LogP contribution >= 0.6 is 0 Å². The first-order valence-electron chi connectivity index (χ1n) is 9.57. The average molecular weight is 408 g/mol. The standard InChI is InChI=1S/C22H24N4O4/c1-4-30-22(29)18-13-15(2)26(16(18)3)14-20(27)23-24-21(28)17-9-5-6-10-19(17)25-11-7-8-12-25/h5-13H,4,14H2,1-3H3,(H,23,27)(H,24,28). The zero-order valence-corrected chi connectivity index (χ0v) is 17.1. The number of carbonyl (C=O) groups is 3. The topological polar surface area (TPSA) is 94.4 Å². The predicted molar refractivity (Wildman–Crippen MR) is 111 cm³/mol. The second-order valence-corrected chi connectivity index (χ2v) is 6.70. The molecule has 0 saturated heterocycles. The minimum Gasteiger partial charge on any atom is -0.462 e. The van der Waals surface area contributed by atoms with Crippen molar-refractivity contribution in [2.75, 3.05) is 6.61 Å². The Kier molecular flexibility index (Phi) is 6.36. The van der Waals surface area contributed by atoms with Crippen molar-refractivity contribution >= 4 is 17.8 Å². The molecule has 2 amide bonds. The fourth-order valence-electron chi connectivity index (χ4n) is 3.22. The summed E-state index contributed by atoms with van der Waals surface area (Å²) in [4.78, 5) is 37.0. The molecule has 30 heavy (non-hydrogen) atoms. The Morgan fingerprint density at radius 3 is 2.37 bits per heavy atom. The van der Waals surface area contributed by atoms with Gasteiger partial charge in [-0.05, 0) is 51.1 Å². The molecule has 0 atom stereocenters. The number of nitrogens with one attached hydrogen (secondary N) is 2. The van der Waals surface area contributed by atoms with Crippen LogP contribution in [0, 0.1) is 13.8 Å². The number of rotatable bonds is 6. The first-order chi connectivity index (χ1) is 14.4. The van der Waals surface area contributed by atoms with Gasteiger partial charge in [0.2, 0.25) is 0 Å². The number of para-hydroxylation sites is 1. The Balaban J connectivity index is 1.66. The van der Waals surface area contributed by atoms with Gasteiger partial charge in [0.15, 0.2) is 0 Å². The lowest BCUT2D eigenvalue weighted by atomic mass is 10.1. The molecule has 8 heteroatoms. The van der Waals surface area contributed by atoms with Gasteiger partial charge in [0.25, 0.3) is 11.8 Å². The quantitative estimate of drug-likeness (QED) is 0.484. The molecule has 3 rings (SSSR count). The van der Waals surface area contributed by atoms with Crippen LogP contribution in [-0.4, -0.2) is 33.5 Å². The lowest BCUT2D eigenvalue weighted by Crippen LogP contribution is -2.43. The van der Waals surface area contributed by atoms with E-state index in [-0.39, 0.29) is 13.2 Å². The van der Waals surface area contributed by atoms with Gasteiger partial charge in [-0.3, -0.25) is 20.4 Å². The number of aryl methyl sites for hydroxylation is 1. The molecule has 0 aliphatic rings. The molecule has 0 aliphatic carbocycles. The molecule has 3 aromatic rings. The van der Waals surface area contributed by atoms with E-state index in [1.54, 1.807) is 43.5 Å². The first kappa shape index (κ1) is 20.9. The number of benzene rings is 1. The fourth-order valence-corrected chi connectivity index (χ4v) is 3.22. The summed E-state index contributed by atoms with van der Waals surface area (Å²) in [6, 6.07) is 12.5. The van der Waals surface area contributed by atoms with Crippen LogP contribution < -0.4 is 10.9 Å². The van der Waals surface area contributed by atoms with Crippen molar-refractivity contribution in [3.05, 3.63) is 77.4 Å². The Hall–Kier alpha value is -3.81. The second-order valence-electron chi connectivity index (χ2n) is 6.70. The molecule has 156 valence electrons. The van der Waals surface area contributed by atoms with Crippen LogP contribution in [0.25, 0.3) is 5.69 Å². The molecule has 0 spiro atoms. The van der Waals surface area contributed by atoms with E-state index < -0.39 is 17.8 Å². The van der Waals surface area contributed by atoms with Crippen LogP contribution in [0.4, 0.5) is 0 Å². The maximum absolute atomic E-state index is 12.6. The van der Waals surface area contributed by atoms with Crippen LogP contribution in [0.2, 0.25) is 0 Å². The number of amides is 2. The maximum atomic E-state index is 12.6. The van der Waals surface area contributed by atoms with E-state index in [4.69, 9.17) is 4.74 Å². The van der Waals surface area contributed by atoms with Crippen LogP contribution in [0.15, 0.2) is 54.9 Å². The zero-order valence-electron chi connectivity index (χ0n) is 17.1. The number of esters is 1. The predicted octanol–water partition coefficient (Wildman–Crippen LogP) is 2.53. The number of hydrazine groups is 1. The molecule has 0 aliphatic heterocycles. The van der Waals surface area contributed by atoms with Crippen molar-refractivity contribution < 1.29 is 19.1 Å². The molecular weight excluding hydrogens is 384 g/mol. The lowest BCUT2D eigenvalue weighted by molar-refractivity contribution is -0.122. The van der Waals surface area contributed by atoms with Crippen LogP contribution in [-0.2, 0) is 16.1 Å². The summed E-state index contributed by atoms with van der Waals surface area (Å²) in [5.74, 6) is -1.27. The van der Waals surface area contributed by atoms with Gasteiger partial charge in [-0.15, -0.1) is 0 Å². The van der Waals surface area contributed by atoms with Gasteiger partial charge in [-0.1, -0.05) is 12.1 Å². The third-order valence-corrected chi connectivity index (χ3v) is 4.72. The summed E-state index contributed by atoms with van der Waals surface area (Å²) in [6.07, 6.45) is 3.67. The van der Waals surface area contributed by atoms with Crippen molar-refractivity contribution in [3.8, 4) is 5.69 Å². The number of aromatic nitrogens is 2. The maximum Gasteiger partial charge on any atom is 0.339 e. The smallest absolute Gasteiger partial charge is 0.339 e. The molecule has 0 fully saturated rings. The molecule has 1 aromatic carbocycles. The van der Waals surface area contributed by atoms with Crippen molar-refractivity contribution in [2.45, 2.75) is 27.3 Å². The average Bonchev–Trinajstić information content (AvgIpc) is 3.36. The van der Waals surface area contributed by atoms with E-state index in [1.807, 2.05) is 41.2 Å².